The Morgan fingerprint density at radius 2 is 1.73 bits per heavy atom. The minimum Gasteiger partial charge on any atom is -0.467 e. The predicted octanol–water partition coefficient (Wildman–Crippen LogP) is 0.716. The van der Waals surface area contributed by atoms with Crippen LogP contribution >= 0.6 is 0 Å². The maximum absolute atomic E-state index is 13.1. The molecule has 0 bridgehead atoms. The third-order valence-electron chi connectivity index (χ3n) is 7.38. The van der Waals surface area contributed by atoms with E-state index < -0.39 is 23.6 Å². The first kappa shape index (κ1) is 29.2. The number of aromatic nitrogens is 1. The van der Waals surface area contributed by atoms with Crippen LogP contribution in [0.4, 0.5) is 10.5 Å². The number of piperazine rings is 1. The highest BCUT2D eigenvalue weighted by molar-refractivity contribution is 5.93. The fourth-order valence-corrected chi connectivity index (χ4v) is 5.05. The minimum atomic E-state index is -1.11. The van der Waals surface area contributed by atoms with E-state index in [-0.39, 0.29) is 42.8 Å². The highest BCUT2D eigenvalue weighted by Crippen LogP contribution is 2.18. The van der Waals surface area contributed by atoms with Crippen LogP contribution in [0.15, 0.2) is 47.4 Å². The molecule has 0 spiro atoms. The number of benzene rings is 1. The quantitative estimate of drug-likeness (QED) is 0.442. The summed E-state index contributed by atoms with van der Waals surface area (Å²) in [6.45, 7) is 6.25. The van der Waals surface area contributed by atoms with Crippen LogP contribution in [0.5, 0.6) is 0 Å². The van der Waals surface area contributed by atoms with E-state index in [1.807, 2.05) is 24.3 Å². The van der Waals surface area contributed by atoms with E-state index in [1.54, 1.807) is 26.1 Å². The van der Waals surface area contributed by atoms with Crippen molar-refractivity contribution in [3.63, 3.8) is 0 Å². The molecule has 5 N–H and O–H groups in total. The number of methoxy groups -OCH3 is 1. The van der Waals surface area contributed by atoms with Gasteiger partial charge in [-0.05, 0) is 63.5 Å². The van der Waals surface area contributed by atoms with Gasteiger partial charge in [-0.15, -0.1) is 0 Å². The number of rotatable bonds is 6. The van der Waals surface area contributed by atoms with Crippen molar-refractivity contribution in [3.05, 3.63) is 58.5 Å². The van der Waals surface area contributed by atoms with E-state index in [0.29, 0.717) is 5.69 Å². The first-order chi connectivity index (χ1) is 19.0. The average Bonchev–Trinajstić information content (AvgIpc) is 2.93. The van der Waals surface area contributed by atoms with Gasteiger partial charge < -0.3 is 31.3 Å². The smallest absolute Gasteiger partial charge is 0.330 e. The normalized spacial score (nSPS) is 18.9. The van der Waals surface area contributed by atoms with Gasteiger partial charge in [0.2, 0.25) is 5.91 Å². The largest absolute Gasteiger partial charge is 0.467 e. The number of pyridine rings is 1. The molecule has 2 fully saturated rings. The molecule has 1 aromatic carbocycles. The molecule has 2 saturated heterocycles. The first-order valence-corrected chi connectivity index (χ1v) is 13.5. The predicted molar refractivity (Wildman–Crippen MR) is 151 cm³/mol. The maximum Gasteiger partial charge on any atom is 0.330 e. The van der Waals surface area contributed by atoms with E-state index >= 15 is 0 Å². The Kier molecular flexibility index (Phi) is 8.92. The van der Waals surface area contributed by atoms with Gasteiger partial charge in [0, 0.05) is 49.3 Å². The highest BCUT2D eigenvalue weighted by Gasteiger charge is 2.40. The Labute approximate surface area is 233 Å². The molecule has 12 heteroatoms. The molecule has 3 heterocycles. The zero-order chi connectivity index (χ0) is 29.0. The number of urea groups is 1. The molecule has 2 aromatic rings. The third-order valence-corrected chi connectivity index (χ3v) is 7.38. The van der Waals surface area contributed by atoms with Crippen molar-refractivity contribution in [1.29, 1.82) is 0 Å². The lowest BCUT2D eigenvalue weighted by Gasteiger charge is -2.41. The number of nitrogens with one attached hydrogen (secondary N) is 1. The van der Waals surface area contributed by atoms with Crippen LogP contribution in [0.1, 0.15) is 32.3 Å². The number of esters is 1. The second-order valence-corrected chi connectivity index (χ2v) is 11.0. The Bertz CT molecular complexity index is 1280. The minimum absolute atomic E-state index is 0.0392. The molecule has 1 atom stereocenters. The van der Waals surface area contributed by atoms with E-state index in [4.69, 9.17) is 16.2 Å². The first-order valence-electron chi connectivity index (χ1n) is 13.5. The van der Waals surface area contributed by atoms with Gasteiger partial charge in [0.25, 0.3) is 5.56 Å². The summed E-state index contributed by atoms with van der Waals surface area (Å²) in [5.74, 6) is -0.973. The molecule has 1 aromatic heterocycles. The second-order valence-electron chi connectivity index (χ2n) is 11.0. The summed E-state index contributed by atoms with van der Waals surface area (Å²) in [5.41, 5.74) is 12.7. The van der Waals surface area contributed by atoms with Gasteiger partial charge in [-0.25, -0.2) is 9.59 Å². The van der Waals surface area contributed by atoms with E-state index in [2.05, 4.69) is 10.2 Å². The topological polar surface area (TPSA) is 156 Å². The van der Waals surface area contributed by atoms with Crippen LogP contribution in [0, 0.1) is 0 Å². The number of piperidine rings is 1. The van der Waals surface area contributed by atoms with Gasteiger partial charge >= 0.3 is 12.0 Å². The fourth-order valence-electron chi connectivity index (χ4n) is 5.05. The number of amides is 3. The summed E-state index contributed by atoms with van der Waals surface area (Å²) in [6.07, 6.45) is 3.60. The summed E-state index contributed by atoms with van der Waals surface area (Å²) < 4.78 is 6.38. The van der Waals surface area contributed by atoms with Gasteiger partial charge in [-0.3, -0.25) is 19.1 Å². The Morgan fingerprint density at radius 1 is 1.05 bits per heavy atom. The lowest BCUT2D eigenvalue weighted by Crippen LogP contribution is -2.63. The number of carbonyl (C=O) groups excluding carboxylic acids is 3. The molecular weight excluding hydrogens is 514 g/mol. The molecular formula is C28H39N7O5. The molecule has 0 unspecified atom stereocenters. The standard InChI is InChI=1S/C28H39N7O5/c1-28(2,30)26(38)33-14-15-35(23(18-33)25(37)40-3)27(39)31-21-10-13-34(24(36)16-21)22-6-4-19(5-7-22)17-32-11-8-20(29)9-12-32/h4-7,10,13,16,20,23H,8-9,11-12,14-15,17-18,29-30H2,1-3H3,(H,31,39)/t23-/m0/s1. The van der Waals surface area contributed by atoms with Gasteiger partial charge in [0.15, 0.2) is 0 Å². The number of likely N-dealkylation sites (tertiary alicyclic amines) is 1. The summed E-state index contributed by atoms with van der Waals surface area (Å²) in [4.78, 5) is 56.3. The lowest BCUT2D eigenvalue weighted by molar-refractivity contribution is -0.150. The number of hydrogen-bond acceptors (Lipinski definition) is 8. The maximum atomic E-state index is 13.1. The second kappa shape index (κ2) is 12.2. The van der Waals surface area contributed by atoms with Crippen molar-refractivity contribution in [1.82, 2.24) is 19.3 Å². The summed E-state index contributed by atoms with van der Waals surface area (Å²) in [5, 5.41) is 2.70. The van der Waals surface area contributed by atoms with Crippen molar-refractivity contribution in [2.24, 2.45) is 11.5 Å². The average molecular weight is 554 g/mol. The molecule has 4 rings (SSSR count). The van der Waals surface area contributed by atoms with Crippen LogP contribution in [0.25, 0.3) is 5.69 Å². The zero-order valence-electron chi connectivity index (χ0n) is 23.3. The fraction of sp³-hybridized carbons (Fsp3) is 0.500. The molecule has 0 saturated carbocycles. The molecule has 2 aliphatic heterocycles. The number of ether oxygens (including phenoxy) is 1. The number of hydrogen-bond donors (Lipinski definition) is 3. The van der Waals surface area contributed by atoms with Crippen molar-refractivity contribution in [2.75, 3.05) is 45.2 Å². The van der Waals surface area contributed by atoms with Crippen molar-refractivity contribution in [3.8, 4) is 5.69 Å². The van der Waals surface area contributed by atoms with Gasteiger partial charge in [-0.1, -0.05) is 12.1 Å². The molecule has 2 aliphatic rings. The molecule has 0 aliphatic carbocycles. The molecule has 216 valence electrons. The third kappa shape index (κ3) is 6.87. The van der Waals surface area contributed by atoms with Crippen LogP contribution in [-0.4, -0.2) is 94.6 Å². The van der Waals surface area contributed by atoms with Crippen molar-refractivity contribution >= 4 is 23.6 Å². The SMILES string of the molecule is COC(=O)[C@@H]1CN(C(=O)C(C)(C)N)CCN1C(=O)Nc1ccn(-c2ccc(CN3CCC(N)CC3)cc2)c(=O)c1. The number of anilines is 1. The van der Waals surface area contributed by atoms with E-state index in [0.717, 1.165) is 38.0 Å². The lowest BCUT2D eigenvalue weighted by atomic mass is 10.0. The molecule has 3 amide bonds. The highest BCUT2D eigenvalue weighted by atomic mass is 16.5. The monoisotopic (exact) mass is 553 g/mol. The van der Waals surface area contributed by atoms with Gasteiger partial charge in [-0.2, -0.15) is 0 Å². The van der Waals surface area contributed by atoms with Crippen molar-refractivity contribution in [2.45, 2.75) is 50.9 Å². The van der Waals surface area contributed by atoms with Gasteiger partial charge in [0.1, 0.15) is 6.04 Å². The summed E-state index contributed by atoms with van der Waals surface area (Å²) in [6, 6.07) is 9.47. The zero-order valence-corrected chi connectivity index (χ0v) is 23.3. The van der Waals surface area contributed by atoms with E-state index in [9.17, 15) is 19.2 Å². The number of nitrogens with zero attached hydrogens (tertiary/aromatic N) is 4. The van der Waals surface area contributed by atoms with Crippen LogP contribution in [0.2, 0.25) is 0 Å². The van der Waals surface area contributed by atoms with Crippen molar-refractivity contribution < 1.29 is 19.1 Å². The Hall–Kier alpha value is -3.74. The van der Waals surface area contributed by atoms with E-state index in [1.165, 1.54) is 27.5 Å². The number of carbonyl (C=O) groups is 3. The number of nitrogens with two attached hydrogens (primary N) is 2. The summed E-state index contributed by atoms with van der Waals surface area (Å²) >= 11 is 0. The Balaban J connectivity index is 1.41. The molecule has 12 nitrogen and oxygen atoms in total. The molecule has 0 radical (unpaired) electrons. The van der Waals surface area contributed by atoms with Gasteiger partial charge in [0.05, 0.1) is 19.2 Å². The Morgan fingerprint density at radius 3 is 2.33 bits per heavy atom. The van der Waals surface area contributed by atoms with Crippen LogP contribution in [-0.2, 0) is 20.9 Å². The summed E-state index contributed by atoms with van der Waals surface area (Å²) in [7, 11) is 1.22. The van der Waals surface area contributed by atoms with Crippen LogP contribution < -0.4 is 22.3 Å². The van der Waals surface area contributed by atoms with Crippen LogP contribution in [0.3, 0.4) is 0 Å². The molecule has 40 heavy (non-hydrogen) atoms.